The molecule has 0 aromatic carbocycles. The zero-order chi connectivity index (χ0) is 18.7. The van der Waals surface area contributed by atoms with E-state index in [2.05, 4.69) is 35.4 Å². The van der Waals surface area contributed by atoms with Gasteiger partial charge >= 0.3 is 0 Å². The number of rotatable bonds is 5. The Labute approximate surface area is 155 Å². The number of aromatic amines is 1. The van der Waals surface area contributed by atoms with E-state index in [0.717, 1.165) is 16.8 Å². The number of piperidine rings is 1. The average Bonchev–Trinajstić information content (AvgIpc) is 3.18. The number of hydrogen-bond donors (Lipinski definition) is 3. The summed E-state index contributed by atoms with van der Waals surface area (Å²) in [7, 11) is 0. The van der Waals surface area contributed by atoms with Crippen LogP contribution in [-0.2, 0) is 11.2 Å². The van der Waals surface area contributed by atoms with E-state index in [1.165, 1.54) is 6.33 Å². The van der Waals surface area contributed by atoms with Crippen molar-refractivity contribution in [1.29, 1.82) is 0 Å². The number of nitrogens with one attached hydrogen (secondary N) is 2. The van der Waals surface area contributed by atoms with Crippen molar-refractivity contribution in [1.82, 2.24) is 30.5 Å². The molecule has 27 heavy (non-hydrogen) atoms. The van der Waals surface area contributed by atoms with Gasteiger partial charge < -0.3 is 15.3 Å². The molecule has 0 aliphatic carbocycles. The van der Waals surface area contributed by atoms with Crippen molar-refractivity contribution < 1.29 is 9.90 Å². The number of H-pyrrole nitrogens is 1. The fraction of sp³-hybridized carbons (Fsp3) is 0.389. The number of amides is 1. The topological polar surface area (TPSA) is 120 Å². The fourth-order valence-electron chi connectivity index (χ4n) is 3.35. The maximum absolute atomic E-state index is 12.5. The standard InChI is InChI=1S/C18H21N7O2/c26-17(20-7-3-13-2-1-6-19-10-13)18(27)4-8-25(9-5-18)16-14-11-23-24-15(14)21-12-22-16/h1-2,6,10-12,27H,3-5,7-9H2,(H,20,26)(H,21,22,23,24). The van der Waals surface area contributed by atoms with Crippen LogP contribution in [0.15, 0.2) is 37.1 Å². The van der Waals surface area contributed by atoms with Gasteiger partial charge in [-0.15, -0.1) is 0 Å². The van der Waals surface area contributed by atoms with Crippen LogP contribution in [0.3, 0.4) is 0 Å². The number of carbonyl (C=O) groups is 1. The second kappa shape index (κ2) is 7.28. The van der Waals surface area contributed by atoms with Crippen molar-refractivity contribution in [2.45, 2.75) is 24.9 Å². The Kier molecular flexibility index (Phi) is 4.68. The lowest BCUT2D eigenvalue weighted by atomic mass is 9.90. The summed E-state index contributed by atoms with van der Waals surface area (Å²) < 4.78 is 0. The van der Waals surface area contributed by atoms with Crippen LogP contribution in [-0.4, -0.2) is 61.4 Å². The molecule has 1 amide bonds. The van der Waals surface area contributed by atoms with Gasteiger partial charge in [-0.05, 0) is 18.1 Å². The highest BCUT2D eigenvalue weighted by Crippen LogP contribution is 2.28. The number of aliphatic hydroxyl groups is 1. The SMILES string of the molecule is O=C(NCCc1cccnc1)C1(O)CCN(c2ncnc3[nH]ncc23)CC1. The number of carbonyl (C=O) groups excluding carboxylic acids is 1. The Hall–Kier alpha value is -3.07. The summed E-state index contributed by atoms with van der Waals surface area (Å²) in [5.74, 6) is 0.454. The van der Waals surface area contributed by atoms with Crippen LogP contribution in [0.2, 0.25) is 0 Å². The molecule has 4 heterocycles. The molecule has 9 heteroatoms. The molecule has 1 aliphatic rings. The zero-order valence-corrected chi connectivity index (χ0v) is 14.8. The van der Waals surface area contributed by atoms with Crippen molar-refractivity contribution in [3.63, 3.8) is 0 Å². The third-order valence-electron chi connectivity index (χ3n) is 4.96. The fourth-order valence-corrected chi connectivity index (χ4v) is 3.35. The van der Waals surface area contributed by atoms with E-state index in [9.17, 15) is 9.90 Å². The van der Waals surface area contributed by atoms with E-state index in [4.69, 9.17) is 0 Å². The molecule has 0 unspecified atom stereocenters. The van der Waals surface area contributed by atoms with E-state index < -0.39 is 5.60 Å². The van der Waals surface area contributed by atoms with Crippen LogP contribution in [0.1, 0.15) is 18.4 Å². The van der Waals surface area contributed by atoms with E-state index in [0.29, 0.717) is 44.5 Å². The minimum Gasteiger partial charge on any atom is -0.380 e. The van der Waals surface area contributed by atoms with Crippen molar-refractivity contribution in [3.8, 4) is 0 Å². The summed E-state index contributed by atoms with van der Waals surface area (Å²) in [6.07, 6.45) is 8.04. The summed E-state index contributed by atoms with van der Waals surface area (Å²) in [6, 6.07) is 3.83. The number of fused-ring (bicyclic) bond motifs is 1. The van der Waals surface area contributed by atoms with Crippen LogP contribution in [0.25, 0.3) is 11.0 Å². The molecule has 0 atom stereocenters. The maximum atomic E-state index is 12.5. The van der Waals surface area contributed by atoms with Crippen LogP contribution < -0.4 is 10.2 Å². The van der Waals surface area contributed by atoms with E-state index >= 15 is 0 Å². The first-order chi connectivity index (χ1) is 13.2. The molecule has 140 valence electrons. The largest absolute Gasteiger partial charge is 0.380 e. The molecular weight excluding hydrogens is 346 g/mol. The Morgan fingerprint density at radius 1 is 1.30 bits per heavy atom. The number of aromatic nitrogens is 5. The Balaban J connectivity index is 1.34. The third kappa shape index (κ3) is 3.59. The zero-order valence-electron chi connectivity index (χ0n) is 14.8. The van der Waals surface area contributed by atoms with Gasteiger partial charge in [0, 0.05) is 44.9 Å². The summed E-state index contributed by atoms with van der Waals surface area (Å²) in [5, 5.41) is 21.3. The Morgan fingerprint density at radius 3 is 2.93 bits per heavy atom. The predicted octanol–water partition coefficient (Wildman–Crippen LogP) is 0.438. The van der Waals surface area contributed by atoms with Gasteiger partial charge in [0.05, 0.1) is 11.6 Å². The molecule has 0 radical (unpaired) electrons. The number of nitrogens with zero attached hydrogens (tertiary/aromatic N) is 5. The van der Waals surface area contributed by atoms with Gasteiger partial charge in [0.25, 0.3) is 5.91 Å². The van der Waals surface area contributed by atoms with Crippen LogP contribution >= 0.6 is 0 Å². The molecule has 3 aromatic rings. The molecule has 1 fully saturated rings. The van der Waals surface area contributed by atoms with Crippen LogP contribution in [0.4, 0.5) is 5.82 Å². The predicted molar refractivity (Wildman–Crippen MR) is 99.0 cm³/mol. The maximum Gasteiger partial charge on any atom is 0.252 e. The van der Waals surface area contributed by atoms with Crippen molar-refractivity contribution in [2.24, 2.45) is 0 Å². The monoisotopic (exact) mass is 367 g/mol. The summed E-state index contributed by atoms with van der Waals surface area (Å²) >= 11 is 0. The number of pyridine rings is 1. The molecule has 1 saturated heterocycles. The lowest BCUT2D eigenvalue weighted by Crippen LogP contribution is -2.54. The summed E-state index contributed by atoms with van der Waals surface area (Å²) in [5.41, 5.74) is 0.370. The molecule has 1 aliphatic heterocycles. The van der Waals surface area contributed by atoms with Gasteiger partial charge in [0.15, 0.2) is 5.65 Å². The Morgan fingerprint density at radius 2 is 2.15 bits per heavy atom. The highest BCUT2D eigenvalue weighted by atomic mass is 16.3. The minimum absolute atomic E-state index is 0.317. The van der Waals surface area contributed by atoms with Gasteiger partial charge in [-0.2, -0.15) is 5.10 Å². The second-order valence-corrected chi connectivity index (χ2v) is 6.72. The van der Waals surface area contributed by atoms with Crippen LogP contribution in [0.5, 0.6) is 0 Å². The smallest absolute Gasteiger partial charge is 0.252 e. The average molecular weight is 367 g/mol. The van der Waals surface area contributed by atoms with E-state index in [-0.39, 0.29) is 5.91 Å². The van der Waals surface area contributed by atoms with Crippen molar-refractivity contribution in [3.05, 3.63) is 42.6 Å². The van der Waals surface area contributed by atoms with Gasteiger partial charge in [0.2, 0.25) is 0 Å². The van der Waals surface area contributed by atoms with Gasteiger partial charge in [0.1, 0.15) is 17.7 Å². The molecule has 3 aromatic heterocycles. The quantitative estimate of drug-likeness (QED) is 0.598. The molecule has 9 nitrogen and oxygen atoms in total. The summed E-state index contributed by atoms with van der Waals surface area (Å²) in [4.78, 5) is 27.1. The van der Waals surface area contributed by atoms with Gasteiger partial charge in [-0.3, -0.25) is 14.9 Å². The third-order valence-corrected chi connectivity index (χ3v) is 4.96. The highest BCUT2D eigenvalue weighted by molar-refractivity contribution is 5.87. The molecule has 3 N–H and O–H groups in total. The van der Waals surface area contributed by atoms with E-state index in [1.807, 2.05) is 12.1 Å². The lowest BCUT2D eigenvalue weighted by molar-refractivity contribution is -0.141. The highest BCUT2D eigenvalue weighted by Gasteiger charge is 2.39. The first-order valence-electron chi connectivity index (χ1n) is 8.94. The lowest BCUT2D eigenvalue weighted by Gasteiger charge is -2.37. The van der Waals surface area contributed by atoms with Gasteiger partial charge in [-0.25, -0.2) is 9.97 Å². The van der Waals surface area contributed by atoms with E-state index in [1.54, 1.807) is 18.6 Å². The summed E-state index contributed by atoms with van der Waals surface area (Å²) in [6.45, 7) is 1.53. The molecule has 0 saturated carbocycles. The second-order valence-electron chi connectivity index (χ2n) is 6.72. The van der Waals surface area contributed by atoms with Crippen molar-refractivity contribution in [2.75, 3.05) is 24.5 Å². The van der Waals surface area contributed by atoms with Crippen molar-refractivity contribution >= 4 is 22.8 Å². The normalized spacial score (nSPS) is 16.4. The number of hydrogen-bond acceptors (Lipinski definition) is 7. The van der Waals surface area contributed by atoms with Gasteiger partial charge in [-0.1, -0.05) is 6.07 Å². The first-order valence-corrected chi connectivity index (χ1v) is 8.94. The molecule has 4 rings (SSSR count). The first kappa shape index (κ1) is 17.3. The number of anilines is 1. The van der Waals surface area contributed by atoms with Crippen LogP contribution in [0, 0.1) is 0 Å². The minimum atomic E-state index is -1.35. The molecule has 0 spiro atoms. The Bertz CT molecular complexity index is 920. The molecular formula is C18H21N7O2. The molecule has 0 bridgehead atoms.